The summed E-state index contributed by atoms with van der Waals surface area (Å²) in [4.78, 5) is 22.8. The lowest BCUT2D eigenvalue weighted by atomic mass is 10.0. The van der Waals surface area contributed by atoms with E-state index in [-0.39, 0.29) is 25.5 Å². The summed E-state index contributed by atoms with van der Waals surface area (Å²) in [5.74, 6) is -1.79. The molecule has 1 fully saturated rings. The molecular weight excluding hydrogens is 314 g/mol. The highest BCUT2D eigenvalue weighted by Crippen LogP contribution is 2.15. The molecule has 0 aliphatic carbocycles. The highest BCUT2D eigenvalue weighted by atomic mass is 79.9. The minimum Gasteiger partial charge on any atom is -0.481 e. The van der Waals surface area contributed by atoms with E-state index >= 15 is 0 Å². The Morgan fingerprint density at radius 3 is 2.89 bits per heavy atom. The van der Waals surface area contributed by atoms with Crippen LogP contribution in [0.5, 0.6) is 0 Å². The van der Waals surface area contributed by atoms with Gasteiger partial charge in [0.1, 0.15) is 5.92 Å². The fraction of sp³-hybridized carbons (Fsp3) is 0.385. The van der Waals surface area contributed by atoms with Gasteiger partial charge >= 0.3 is 5.97 Å². The van der Waals surface area contributed by atoms with E-state index in [1.54, 1.807) is 0 Å². The van der Waals surface area contributed by atoms with Gasteiger partial charge in [-0.25, -0.2) is 0 Å². The first-order valence-corrected chi connectivity index (χ1v) is 6.70. The Labute approximate surface area is 119 Å². The Morgan fingerprint density at radius 1 is 1.42 bits per heavy atom. The first-order valence-electron chi connectivity index (χ1n) is 5.90. The van der Waals surface area contributed by atoms with Crippen molar-refractivity contribution in [2.24, 2.45) is 5.92 Å². The maximum Gasteiger partial charge on any atom is 0.311 e. The molecule has 0 aromatic heterocycles. The normalized spacial score (nSPS) is 22.2. The van der Waals surface area contributed by atoms with Crippen molar-refractivity contribution in [3.05, 3.63) is 34.3 Å². The second kappa shape index (κ2) is 6.16. The van der Waals surface area contributed by atoms with Crippen molar-refractivity contribution < 1.29 is 19.4 Å². The number of nitrogens with one attached hydrogen (secondary N) is 1. The molecule has 1 heterocycles. The fourth-order valence-corrected chi connectivity index (χ4v) is 2.48. The molecule has 6 heteroatoms. The van der Waals surface area contributed by atoms with E-state index in [4.69, 9.17) is 9.84 Å². The molecule has 1 aromatic carbocycles. The van der Waals surface area contributed by atoms with Crippen LogP contribution in [0.2, 0.25) is 0 Å². The SMILES string of the molecule is O=C(Cc1cccc(Br)c1)NC1COCC1C(=O)O. The van der Waals surface area contributed by atoms with Gasteiger partial charge in [0.2, 0.25) is 5.91 Å². The van der Waals surface area contributed by atoms with E-state index in [9.17, 15) is 9.59 Å². The lowest BCUT2D eigenvalue weighted by Gasteiger charge is -2.15. The van der Waals surface area contributed by atoms with Crippen LogP contribution in [0.1, 0.15) is 5.56 Å². The van der Waals surface area contributed by atoms with E-state index in [2.05, 4.69) is 21.2 Å². The zero-order valence-corrected chi connectivity index (χ0v) is 11.7. The second-order valence-corrected chi connectivity index (χ2v) is 5.38. The van der Waals surface area contributed by atoms with E-state index in [0.717, 1.165) is 10.0 Å². The largest absolute Gasteiger partial charge is 0.481 e. The van der Waals surface area contributed by atoms with Gasteiger partial charge in [-0.05, 0) is 17.7 Å². The first-order chi connectivity index (χ1) is 9.06. The van der Waals surface area contributed by atoms with E-state index < -0.39 is 17.9 Å². The lowest BCUT2D eigenvalue weighted by Crippen LogP contribution is -2.43. The number of carboxylic acids is 1. The van der Waals surface area contributed by atoms with E-state index in [0.29, 0.717) is 0 Å². The van der Waals surface area contributed by atoms with Gasteiger partial charge in [-0.3, -0.25) is 9.59 Å². The molecule has 0 radical (unpaired) electrons. The Kier molecular flexibility index (Phi) is 4.55. The first kappa shape index (κ1) is 14.0. The molecule has 1 aliphatic heterocycles. The molecule has 1 aromatic rings. The van der Waals surface area contributed by atoms with Crippen molar-refractivity contribution >= 4 is 27.8 Å². The van der Waals surface area contributed by atoms with Gasteiger partial charge in [-0.1, -0.05) is 28.1 Å². The van der Waals surface area contributed by atoms with Crippen LogP contribution in [-0.4, -0.2) is 36.2 Å². The summed E-state index contributed by atoms with van der Waals surface area (Å²) in [5, 5.41) is 11.7. The Balaban J connectivity index is 1.92. The highest BCUT2D eigenvalue weighted by Gasteiger charge is 2.34. The van der Waals surface area contributed by atoms with Crippen molar-refractivity contribution in [1.29, 1.82) is 0 Å². The number of aliphatic carboxylic acids is 1. The molecular formula is C13H14BrNO4. The van der Waals surface area contributed by atoms with Crippen LogP contribution in [0.15, 0.2) is 28.7 Å². The van der Waals surface area contributed by atoms with Crippen LogP contribution >= 0.6 is 15.9 Å². The van der Waals surface area contributed by atoms with Gasteiger partial charge in [0.15, 0.2) is 0 Å². The van der Waals surface area contributed by atoms with Gasteiger partial charge in [-0.2, -0.15) is 0 Å². The van der Waals surface area contributed by atoms with Gasteiger partial charge < -0.3 is 15.2 Å². The summed E-state index contributed by atoms with van der Waals surface area (Å²) in [6, 6.07) is 7.00. The van der Waals surface area contributed by atoms with Gasteiger partial charge in [0.25, 0.3) is 0 Å². The van der Waals surface area contributed by atoms with Gasteiger partial charge in [0, 0.05) is 4.47 Å². The van der Waals surface area contributed by atoms with Gasteiger partial charge in [0.05, 0.1) is 25.7 Å². The number of benzene rings is 1. The monoisotopic (exact) mass is 327 g/mol. The third kappa shape index (κ3) is 3.78. The molecule has 1 aliphatic rings. The quantitative estimate of drug-likeness (QED) is 0.871. The number of amides is 1. The molecule has 2 unspecified atom stereocenters. The Morgan fingerprint density at radius 2 is 2.21 bits per heavy atom. The fourth-order valence-electron chi connectivity index (χ4n) is 2.03. The summed E-state index contributed by atoms with van der Waals surface area (Å²) in [6.07, 6.45) is 0.224. The minimum atomic E-state index is -0.940. The highest BCUT2D eigenvalue weighted by molar-refractivity contribution is 9.10. The van der Waals surface area contributed by atoms with Crippen LogP contribution in [0.4, 0.5) is 0 Å². The van der Waals surface area contributed by atoms with Crippen LogP contribution in [0.25, 0.3) is 0 Å². The number of carbonyl (C=O) groups is 2. The van der Waals surface area contributed by atoms with Crippen molar-refractivity contribution in [3.8, 4) is 0 Å². The molecule has 2 N–H and O–H groups in total. The standard InChI is InChI=1S/C13H14BrNO4/c14-9-3-1-2-8(4-9)5-12(16)15-11-7-19-6-10(11)13(17)18/h1-4,10-11H,5-7H2,(H,15,16)(H,17,18). The third-order valence-corrected chi connectivity index (χ3v) is 3.49. The molecule has 2 atom stereocenters. The van der Waals surface area contributed by atoms with Crippen molar-refractivity contribution in [1.82, 2.24) is 5.32 Å². The number of carboxylic acid groups (broad SMARTS) is 1. The predicted octanol–water partition coefficient (Wildman–Crippen LogP) is 1.21. The molecule has 0 spiro atoms. The number of ether oxygens (including phenoxy) is 1. The topological polar surface area (TPSA) is 75.6 Å². The number of hydrogen-bond acceptors (Lipinski definition) is 3. The summed E-state index contributed by atoms with van der Waals surface area (Å²) >= 11 is 3.34. The average molecular weight is 328 g/mol. The smallest absolute Gasteiger partial charge is 0.311 e. The maximum absolute atomic E-state index is 11.9. The molecule has 0 bridgehead atoms. The summed E-state index contributed by atoms with van der Waals surface area (Å²) in [6.45, 7) is 0.401. The number of rotatable bonds is 4. The Hall–Kier alpha value is -1.40. The molecule has 2 rings (SSSR count). The van der Waals surface area contributed by atoms with Crippen molar-refractivity contribution in [3.63, 3.8) is 0 Å². The maximum atomic E-state index is 11.9. The zero-order chi connectivity index (χ0) is 13.8. The molecule has 102 valence electrons. The number of hydrogen-bond donors (Lipinski definition) is 2. The minimum absolute atomic E-state index is 0.150. The number of halogens is 1. The summed E-state index contributed by atoms with van der Waals surface area (Å²) < 4.78 is 6.01. The van der Waals surface area contributed by atoms with Crippen LogP contribution in [0, 0.1) is 5.92 Å². The Bertz CT molecular complexity index is 491. The van der Waals surface area contributed by atoms with Crippen molar-refractivity contribution in [2.45, 2.75) is 12.5 Å². The molecule has 19 heavy (non-hydrogen) atoms. The average Bonchev–Trinajstić information content (AvgIpc) is 2.76. The summed E-state index contributed by atoms with van der Waals surface area (Å²) in [7, 11) is 0. The van der Waals surface area contributed by atoms with E-state index in [1.165, 1.54) is 0 Å². The predicted molar refractivity (Wildman–Crippen MR) is 71.7 cm³/mol. The molecule has 0 saturated carbocycles. The molecule has 1 amide bonds. The second-order valence-electron chi connectivity index (χ2n) is 4.46. The lowest BCUT2D eigenvalue weighted by molar-refractivity contribution is -0.142. The van der Waals surface area contributed by atoms with Crippen LogP contribution in [0.3, 0.4) is 0 Å². The molecule has 5 nitrogen and oxygen atoms in total. The van der Waals surface area contributed by atoms with Gasteiger partial charge in [-0.15, -0.1) is 0 Å². The zero-order valence-electron chi connectivity index (χ0n) is 10.1. The van der Waals surface area contributed by atoms with Crippen LogP contribution < -0.4 is 5.32 Å². The molecule has 1 saturated heterocycles. The van der Waals surface area contributed by atoms with E-state index in [1.807, 2.05) is 24.3 Å². The summed E-state index contributed by atoms with van der Waals surface area (Å²) in [5.41, 5.74) is 0.873. The van der Waals surface area contributed by atoms with Crippen LogP contribution in [-0.2, 0) is 20.7 Å². The van der Waals surface area contributed by atoms with Crippen molar-refractivity contribution in [2.75, 3.05) is 13.2 Å². The third-order valence-electron chi connectivity index (χ3n) is 3.00. The number of carbonyl (C=O) groups excluding carboxylic acids is 1.